The number of nitrogens with zero attached hydrogens (tertiary/aromatic N) is 1. The maximum absolute atomic E-state index is 13.4. The number of thiazole rings is 1. The minimum absolute atomic E-state index is 0.0932. The van der Waals surface area contributed by atoms with Gasteiger partial charge in [0.15, 0.2) is 5.01 Å². The first-order chi connectivity index (χ1) is 16.6. The van der Waals surface area contributed by atoms with Crippen LogP contribution in [0.15, 0.2) is 53.6 Å². The molecule has 0 aliphatic heterocycles. The molecule has 0 spiro atoms. The average molecular weight is 522 g/mol. The number of aromatic nitrogens is 1. The lowest BCUT2D eigenvalue weighted by molar-refractivity contribution is -0.142. The van der Waals surface area contributed by atoms with Crippen LogP contribution in [0.1, 0.15) is 35.5 Å². The molecule has 1 amide bonds. The Morgan fingerprint density at radius 3 is 2.23 bits per heavy atom. The highest BCUT2D eigenvalue weighted by atomic mass is 32.2. The zero-order valence-electron chi connectivity index (χ0n) is 18.2. The second kappa shape index (κ2) is 10.1. The molecule has 8 nitrogen and oxygen atoms in total. The quantitative estimate of drug-likeness (QED) is 0.427. The van der Waals surface area contributed by atoms with Crippen molar-refractivity contribution in [1.29, 1.82) is 0 Å². The Hall–Kier alpha value is -3.38. The van der Waals surface area contributed by atoms with E-state index >= 15 is 0 Å². The summed E-state index contributed by atoms with van der Waals surface area (Å²) in [7, 11) is -4.19. The number of rotatable bonds is 7. The monoisotopic (exact) mass is 521 g/mol. The molecule has 184 valence electrons. The molecule has 1 aliphatic carbocycles. The average Bonchev–Trinajstić information content (AvgIpc) is 3.30. The van der Waals surface area contributed by atoms with E-state index in [4.69, 9.17) is 5.11 Å². The summed E-state index contributed by atoms with van der Waals surface area (Å²) in [6, 6.07) is 8.18. The number of carbonyl (C=O) groups is 2. The highest BCUT2D eigenvalue weighted by molar-refractivity contribution is 7.92. The Balaban J connectivity index is 1.39. The van der Waals surface area contributed by atoms with Gasteiger partial charge in [0.05, 0.1) is 15.7 Å². The van der Waals surface area contributed by atoms with Crippen LogP contribution in [0.2, 0.25) is 0 Å². The first-order valence-corrected chi connectivity index (χ1v) is 13.0. The number of hydrogen-bond acceptors (Lipinski definition) is 6. The molecule has 0 atom stereocenters. The standard InChI is InChI=1S/C23H21F2N3O5S2/c24-15-9-16(25)11-19(10-15)35(32,33)28-18-7-1-13(2-8-18)20-12-26-22(34-20)21(29)27-17-5-3-14(4-6-17)23(30)31/h1-2,7-12,14,17,28H,3-6H2,(H,27,29)(H,30,31). The fourth-order valence-corrected chi connectivity index (χ4v) is 5.77. The lowest BCUT2D eigenvalue weighted by Gasteiger charge is -2.26. The van der Waals surface area contributed by atoms with Crippen molar-refractivity contribution in [3.8, 4) is 10.4 Å². The third-order valence-corrected chi connectivity index (χ3v) is 8.09. The molecule has 0 saturated heterocycles. The zero-order chi connectivity index (χ0) is 25.2. The molecule has 3 N–H and O–H groups in total. The number of amides is 1. The van der Waals surface area contributed by atoms with Gasteiger partial charge in [-0.15, -0.1) is 11.3 Å². The van der Waals surface area contributed by atoms with Crippen LogP contribution >= 0.6 is 11.3 Å². The Morgan fingerprint density at radius 2 is 1.63 bits per heavy atom. The van der Waals surface area contributed by atoms with Crippen LogP contribution in [0.4, 0.5) is 14.5 Å². The number of halogens is 2. The summed E-state index contributed by atoms with van der Waals surface area (Å²) >= 11 is 1.17. The summed E-state index contributed by atoms with van der Waals surface area (Å²) in [5.41, 5.74) is 0.890. The van der Waals surface area contributed by atoms with Gasteiger partial charge in [0.25, 0.3) is 15.9 Å². The van der Waals surface area contributed by atoms with Gasteiger partial charge in [0.1, 0.15) is 11.6 Å². The molecule has 1 fully saturated rings. The van der Waals surface area contributed by atoms with Gasteiger partial charge < -0.3 is 10.4 Å². The molecular weight excluding hydrogens is 500 g/mol. The number of carboxylic acid groups (broad SMARTS) is 1. The van der Waals surface area contributed by atoms with E-state index in [-0.39, 0.29) is 28.6 Å². The van der Waals surface area contributed by atoms with Crippen LogP contribution in [0, 0.1) is 17.6 Å². The van der Waals surface area contributed by atoms with Gasteiger partial charge in [0.2, 0.25) is 0 Å². The lowest BCUT2D eigenvalue weighted by atomic mass is 9.86. The van der Waals surface area contributed by atoms with E-state index in [9.17, 15) is 26.8 Å². The molecule has 2 aromatic carbocycles. The van der Waals surface area contributed by atoms with Crippen molar-refractivity contribution in [2.45, 2.75) is 36.6 Å². The normalized spacial score (nSPS) is 18.1. The van der Waals surface area contributed by atoms with Gasteiger partial charge in [-0.05, 0) is 55.5 Å². The zero-order valence-corrected chi connectivity index (χ0v) is 19.8. The van der Waals surface area contributed by atoms with Crippen LogP contribution in [0.25, 0.3) is 10.4 Å². The summed E-state index contributed by atoms with van der Waals surface area (Å²) < 4.78 is 53.9. The van der Waals surface area contributed by atoms with Gasteiger partial charge in [-0.25, -0.2) is 22.2 Å². The Kier molecular flexibility index (Phi) is 7.13. The topological polar surface area (TPSA) is 125 Å². The number of carboxylic acids is 1. The minimum atomic E-state index is -4.19. The van der Waals surface area contributed by atoms with Gasteiger partial charge in [0, 0.05) is 24.0 Å². The highest BCUT2D eigenvalue weighted by Crippen LogP contribution is 2.29. The molecule has 0 bridgehead atoms. The largest absolute Gasteiger partial charge is 0.481 e. The van der Waals surface area contributed by atoms with Crippen molar-refractivity contribution in [3.63, 3.8) is 0 Å². The molecule has 1 aromatic heterocycles. The third-order valence-electron chi connectivity index (χ3n) is 5.68. The Labute approximate surface area is 204 Å². The summed E-state index contributed by atoms with van der Waals surface area (Å²) in [6.07, 6.45) is 3.78. The lowest BCUT2D eigenvalue weighted by Crippen LogP contribution is -2.38. The molecule has 0 unspecified atom stereocenters. The van der Waals surface area contributed by atoms with Crippen LogP contribution < -0.4 is 10.0 Å². The van der Waals surface area contributed by atoms with E-state index in [0.29, 0.717) is 42.2 Å². The smallest absolute Gasteiger partial charge is 0.306 e. The van der Waals surface area contributed by atoms with Crippen molar-refractivity contribution >= 4 is 38.9 Å². The van der Waals surface area contributed by atoms with Gasteiger partial charge >= 0.3 is 5.97 Å². The highest BCUT2D eigenvalue weighted by Gasteiger charge is 2.27. The number of nitrogens with one attached hydrogen (secondary N) is 2. The maximum Gasteiger partial charge on any atom is 0.306 e. The molecule has 3 aromatic rings. The molecule has 0 radical (unpaired) electrons. The van der Waals surface area contributed by atoms with Gasteiger partial charge in [-0.2, -0.15) is 0 Å². The third kappa shape index (κ3) is 6.01. The van der Waals surface area contributed by atoms with Crippen LogP contribution in [0.5, 0.6) is 0 Å². The van der Waals surface area contributed by atoms with Crippen LogP contribution in [0.3, 0.4) is 0 Å². The predicted molar refractivity (Wildman–Crippen MR) is 126 cm³/mol. The Bertz CT molecular complexity index is 1330. The number of carbonyl (C=O) groups excluding carboxylic acids is 1. The first kappa shape index (κ1) is 24.7. The van der Waals surface area contributed by atoms with Crippen molar-refractivity contribution in [3.05, 3.63) is 65.3 Å². The van der Waals surface area contributed by atoms with E-state index in [2.05, 4.69) is 15.0 Å². The second-order valence-electron chi connectivity index (χ2n) is 8.18. The van der Waals surface area contributed by atoms with Crippen molar-refractivity contribution in [2.24, 2.45) is 5.92 Å². The fourth-order valence-electron chi connectivity index (χ4n) is 3.84. The molecule has 12 heteroatoms. The number of hydrogen-bond donors (Lipinski definition) is 3. The van der Waals surface area contributed by atoms with Crippen molar-refractivity contribution < 1.29 is 31.9 Å². The molecule has 1 saturated carbocycles. The van der Waals surface area contributed by atoms with E-state index < -0.39 is 32.5 Å². The maximum atomic E-state index is 13.4. The van der Waals surface area contributed by atoms with Gasteiger partial charge in [-0.3, -0.25) is 14.3 Å². The van der Waals surface area contributed by atoms with Crippen molar-refractivity contribution in [2.75, 3.05) is 4.72 Å². The summed E-state index contributed by atoms with van der Waals surface area (Å²) in [4.78, 5) is 27.9. The van der Waals surface area contributed by atoms with E-state index in [1.165, 1.54) is 29.7 Å². The first-order valence-electron chi connectivity index (χ1n) is 10.7. The van der Waals surface area contributed by atoms with Gasteiger partial charge in [-0.1, -0.05) is 12.1 Å². The number of sulfonamides is 1. The number of benzene rings is 2. The van der Waals surface area contributed by atoms with Crippen LogP contribution in [-0.4, -0.2) is 36.4 Å². The molecule has 1 heterocycles. The summed E-state index contributed by atoms with van der Waals surface area (Å²) in [6.45, 7) is 0. The molecule has 4 rings (SSSR count). The van der Waals surface area contributed by atoms with E-state index in [1.54, 1.807) is 12.1 Å². The minimum Gasteiger partial charge on any atom is -0.481 e. The molecule has 1 aliphatic rings. The molecular formula is C23H21F2N3O5S2. The Morgan fingerprint density at radius 1 is 1.00 bits per heavy atom. The number of aliphatic carboxylic acids is 1. The van der Waals surface area contributed by atoms with Crippen molar-refractivity contribution in [1.82, 2.24) is 10.3 Å². The summed E-state index contributed by atoms with van der Waals surface area (Å²) in [5, 5.41) is 12.2. The molecule has 35 heavy (non-hydrogen) atoms. The summed E-state index contributed by atoms with van der Waals surface area (Å²) in [5.74, 6) is -3.50. The fraction of sp³-hybridized carbons (Fsp3) is 0.261. The van der Waals surface area contributed by atoms with E-state index in [0.717, 1.165) is 12.1 Å². The second-order valence-corrected chi connectivity index (χ2v) is 10.9. The number of anilines is 1. The van der Waals surface area contributed by atoms with E-state index in [1.807, 2.05) is 0 Å². The van der Waals surface area contributed by atoms with Crippen LogP contribution in [-0.2, 0) is 14.8 Å². The SMILES string of the molecule is O=C(NC1CCC(C(=O)O)CC1)c1ncc(-c2ccc(NS(=O)(=O)c3cc(F)cc(F)c3)cc2)s1. The predicted octanol–water partition coefficient (Wildman–Crippen LogP) is 4.26.